The number of nitrogens with one attached hydrogen (secondary N) is 1. The number of carbonyl (C=O) groups is 2. The molecule has 2 N–H and O–H groups in total. The van der Waals surface area contributed by atoms with Crippen LogP contribution >= 0.6 is 0 Å². The van der Waals surface area contributed by atoms with Crippen LogP contribution in [0.3, 0.4) is 0 Å². The van der Waals surface area contributed by atoms with Gasteiger partial charge in [0.1, 0.15) is 6.61 Å². The molecule has 1 amide bonds. The van der Waals surface area contributed by atoms with Crippen molar-refractivity contribution < 1.29 is 19.4 Å². The van der Waals surface area contributed by atoms with Crippen molar-refractivity contribution in [3.8, 4) is 11.1 Å². The van der Waals surface area contributed by atoms with E-state index in [2.05, 4.69) is 29.6 Å². The molecule has 140 valence electrons. The van der Waals surface area contributed by atoms with Crippen LogP contribution in [0.5, 0.6) is 0 Å². The summed E-state index contributed by atoms with van der Waals surface area (Å²) in [5.41, 5.74) is 5.59. The highest BCUT2D eigenvalue weighted by molar-refractivity contribution is 5.87. The number of carboxylic acid groups (broad SMARTS) is 1. The van der Waals surface area contributed by atoms with Gasteiger partial charge in [-0.05, 0) is 33.9 Å². The van der Waals surface area contributed by atoms with Gasteiger partial charge in [-0.25, -0.2) is 4.79 Å². The first-order valence-electron chi connectivity index (χ1n) is 9.05. The van der Waals surface area contributed by atoms with Crippen LogP contribution < -0.4 is 5.32 Å². The van der Waals surface area contributed by atoms with Gasteiger partial charge in [0.25, 0.3) is 0 Å². The Morgan fingerprint density at radius 1 is 0.857 bits per heavy atom. The average Bonchev–Trinajstić information content (AvgIpc) is 3.01. The maximum absolute atomic E-state index is 12.4. The number of amides is 1. The van der Waals surface area contributed by atoms with Crippen LogP contribution in [0, 0.1) is 0 Å². The van der Waals surface area contributed by atoms with Crippen LogP contribution in [-0.4, -0.2) is 23.8 Å². The molecule has 0 heterocycles. The van der Waals surface area contributed by atoms with Gasteiger partial charge in [-0.1, -0.05) is 66.7 Å². The van der Waals surface area contributed by atoms with E-state index in [9.17, 15) is 9.59 Å². The summed E-state index contributed by atoms with van der Waals surface area (Å²) in [7, 11) is 0. The van der Waals surface area contributed by atoms with Crippen LogP contribution in [0.25, 0.3) is 11.1 Å². The van der Waals surface area contributed by atoms with E-state index >= 15 is 0 Å². The fraction of sp³-hybridized carbons (Fsp3) is 0.130. The Bertz CT molecular complexity index is 999. The van der Waals surface area contributed by atoms with Crippen molar-refractivity contribution in [2.24, 2.45) is 0 Å². The molecule has 0 atom stereocenters. The lowest BCUT2D eigenvalue weighted by atomic mass is 9.98. The zero-order valence-electron chi connectivity index (χ0n) is 15.1. The number of fused-ring (bicyclic) bond motifs is 3. The van der Waals surface area contributed by atoms with Crippen molar-refractivity contribution in [3.63, 3.8) is 0 Å². The fourth-order valence-corrected chi connectivity index (χ4v) is 3.70. The van der Waals surface area contributed by atoms with E-state index in [1.54, 1.807) is 24.3 Å². The molecule has 0 radical (unpaired) electrons. The van der Waals surface area contributed by atoms with E-state index in [1.807, 2.05) is 24.3 Å². The zero-order valence-corrected chi connectivity index (χ0v) is 15.1. The number of anilines is 1. The van der Waals surface area contributed by atoms with E-state index < -0.39 is 12.1 Å². The van der Waals surface area contributed by atoms with Gasteiger partial charge in [0.2, 0.25) is 0 Å². The molecular formula is C23H19NO4. The molecule has 0 unspecified atom stereocenters. The fourth-order valence-electron chi connectivity index (χ4n) is 3.70. The SMILES string of the molecule is O=C(O)Cc1ccccc1NC(=O)OCC1c2ccccc2-c2ccccc21. The largest absolute Gasteiger partial charge is 0.481 e. The molecule has 0 fully saturated rings. The topological polar surface area (TPSA) is 75.6 Å². The number of carbonyl (C=O) groups excluding carboxylic acids is 1. The van der Waals surface area contributed by atoms with Crippen molar-refractivity contribution in [2.45, 2.75) is 12.3 Å². The molecule has 1 aliphatic carbocycles. The van der Waals surface area contributed by atoms with Crippen LogP contribution in [-0.2, 0) is 16.0 Å². The maximum Gasteiger partial charge on any atom is 0.411 e. The second kappa shape index (κ2) is 7.56. The number of benzene rings is 3. The van der Waals surface area contributed by atoms with Gasteiger partial charge in [-0.15, -0.1) is 0 Å². The lowest BCUT2D eigenvalue weighted by Gasteiger charge is -2.15. The lowest BCUT2D eigenvalue weighted by molar-refractivity contribution is -0.136. The minimum atomic E-state index is -0.957. The lowest BCUT2D eigenvalue weighted by Crippen LogP contribution is -2.19. The van der Waals surface area contributed by atoms with Crippen LogP contribution in [0.1, 0.15) is 22.6 Å². The molecule has 0 bridgehead atoms. The van der Waals surface area contributed by atoms with E-state index in [4.69, 9.17) is 9.84 Å². The van der Waals surface area contributed by atoms with Crippen molar-refractivity contribution in [3.05, 3.63) is 89.5 Å². The van der Waals surface area contributed by atoms with Crippen molar-refractivity contribution in [2.75, 3.05) is 11.9 Å². The molecule has 3 aromatic rings. The van der Waals surface area contributed by atoms with Crippen molar-refractivity contribution in [1.82, 2.24) is 0 Å². The average molecular weight is 373 g/mol. The molecule has 5 heteroatoms. The molecule has 4 rings (SSSR count). The van der Waals surface area contributed by atoms with Gasteiger partial charge in [-0.2, -0.15) is 0 Å². The highest BCUT2D eigenvalue weighted by Gasteiger charge is 2.29. The number of hydrogen-bond donors (Lipinski definition) is 2. The Morgan fingerprint density at radius 2 is 1.43 bits per heavy atom. The first-order valence-corrected chi connectivity index (χ1v) is 9.05. The summed E-state index contributed by atoms with van der Waals surface area (Å²) >= 11 is 0. The van der Waals surface area contributed by atoms with Crippen molar-refractivity contribution in [1.29, 1.82) is 0 Å². The van der Waals surface area contributed by atoms with E-state index in [1.165, 1.54) is 11.1 Å². The van der Waals surface area contributed by atoms with Gasteiger partial charge >= 0.3 is 12.1 Å². The minimum Gasteiger partial charge on any atom is -0.481 e. The molecule has 1 aliphatic rings. The quantitative estimate of drug-likeness (QED) is 0.681. The number of aliphatic carboxylic acids is 1. The number of ether oxygens (including phenoxy) is 1. The van der Waals surface area contributed by atoms with Crippen LogP contribution in [0.15, 0.2) is 72.8 Å². The Morgan fingerprint density at radius 3 is 2.07 bits per heavy atom. The van der Waals surface area contributed by atoms with Gasteiger partial charge in [0.15, 0.2) is 0 Å². The second-order valence-electron chi connectivity index (χ2n) is 6.68. The first kappa shape index (κ1) is 17.8. The highest BCUT2D eigenvalue weighted by atomic mass is 16.5. The Balaban J connectivity index is 1.48. The molecule has 28 heavy (non-hydrogen) atoms. The van der Waals surface area contributed by atoms with Gasteiger partial charge < -0.3 is 9.84 Å². The van der Waals surface area contributed by atoms with E-state index in [0.29, 0.717) is 11.3 Å². The molecule has 5 nitrogen and oxygen atoms in total. The normalized spacial score (nSPS) is 12.1. The molecule has 0 saturated carbocycles. The summed E-state index contributed by atoms with van der Waals surface area (Å²) in [5.74, 6) is -0.978. The third kappa shape index (κ3) is 3.47. The summed E-state index contributed by atoms with van der Waals surface area (Å²) in [4.78, 5) is 23.3. The number of rotatable bonds is 5. The molecule has 0 aromatic heterocycles. The van der Waals surface area contributed by atoms with Crippen molar-refractivity contribution >= 4 is 17.7 Å². The highest BCUT2D eigenvalue weighted by Crippen LogP contribution is 2.44. The first-order chi connectivity index (χ1) is 13.6. The van der Waals surface area contributed by atoms with Gasteiger partial charge in [0.05, 0.1) is 6.42 Å². The Kier molecular flexibility index (Phi) is 4.81. The maximum atomic E-state index is 12.4. The number of hydrogen-bond acceptors (Lipinski definition) is 3. The monoisotopic (exact) mass is 373 g/mol. The predicted octanol–water partition coefficient (Wildman–Crippen LogP) is 4.67. The smallest absolute Gasteiger partial charge is 0.411 e. The van der Waals surface area contributed by atoms with Crippen LogP contribution in [0.2, 0.25) is 0 Å². The summed E-state index contributed by atoms with van der Waals surface area (Å²) in [6.45, 7) is 0.209. The summed E-state index contributed by atoms with van der Waals surface area (Å²) in [6.07, 6.45) is -0.764. The molecular weight excluding hydrogens is 354 g/mol. The Labute approximate surface area is 162 Å². The van der Waals surface area contributed by atoms with Gasteiger partial charge in [0, 0.05) is 11.6 Å². The third-order valence-electron chi connectivity index (χ3n) is 4.94. The molecule has 0 spiro atoms. The number of carboxylic acids is 1. The molecule has 0 saturated heterocycles. The van der Waals surface area contributed by atoms with Crippen LogP contribution in [0.4, 0.5) is 10.5 Å². The standard InChI is InChI=1S/C23H19NO4/c25-22(26)13-15-7-1-6-12-21(15)24-23(27)28-14-20-18-10-4-2-8-16(18)17-9-3-5-11-19(17)20/h1-12,20H,13-14H2,(H,24,27)(H,25,26). The molecule has 3 aromatic carbocycles. The second-order valence-corrected chi connectivity index (χ2v) is 6.68. The summed E-state index contributed by atoms with van der Waals surface area (Å²) in [5, 5.41) is 11.7. The molecule has 0 aliphatic heterocycles. The Hall–Kier alpha value is -3.60. The third-order valence-corrected chi connectivity index (χ3v) is 4.94. The summed E-state index contributed by atoms with van der Waals surface area (Å²) < 4.78 is 5.51. The minimum absolute atomic E-state index is 0.0209. The predicted molar refractivity (Wildman–Crippen MR) is 106 cm³/mol. The van der Waals surface area contributed by atoms with E-state index in [0.717, 1.165) is 11.1 Å². The zero-order chi connectivity index (χ0) is 19.5. The van der Waals surface area contributed by atoms with E-state index in [-0.39, 0.29) is 18.9 Å². The summed E-state index contributed by atoms with van der Waals surface area (Å²) in [6, 6.07) is 23.1. The number of para-hydroxylation sites is 1. The van der Waals surface area contributed by atoms with Gasteiger partial charge in [-0.3, -0.25) is 10.1 Å².